The first-order valence-corrected chi connectivity index (χ1v) is 17.7. The summed E-state index contributed by atoms with van der Waals surface area (Å²) < 4.78 is 6.23. The molecule has 2 heteroatoms. The molecule has 51 heavy (non-hydrogen) atoms. The molecule has 0 aliphatic heterocycles. The Bertz CT molecular complexity index is 2770. The second-order valence-electron chi connectivity index (χ2n) is 14.1. The third-order valence-electron chi connectivity index (χ3n) is 10.9. The molecule has 242 valence electrons. The number of benzene rings is 8. The van der Waals surface area contributed by atoms with Gasteiger partial charge in [-0.3, -0.25) is 0 Å². The molecule has 0 atom stereocenters. The maximum absolute atomic E-state index is 6.23. The van der Waals surface area contributed by atoms with Crippen LogP contribution in [-0.2, 0) is 5.41 Å². The first-order valence-electron chi connectivity index (χ1n) is 17.7. The summed E-state index contributed by atoms with van der Waals surface area (Å²) in [6.07, 6.45) is 0. The Balaban J connectivity index is 1.16. The van der Waals surface area contributed by atoms with Crippen molar-refractivity contribution >= 4 is 49.8 Å². The van der Waals surface area contributed by atoms with E-state index in [4.69, 9.17) is 4.42 Å². The van der Waals surface area contributed by atoms with Crippen LogP contribution in [-0.4, -0.2) is 0 Å². The van der Waals surface area contributed by atoms with Crippen molar-refractivity contribution in [3.63, 3.8) is 0 Å². The summed E-state index contributed by atoms with van der Waals surface area (Å²) in [5.74, 6) is 0. The Morgan fingerprint density at radius 3 is 1.98 bits per heavy atom. The summed E-state index contributed by atoms with van der Waals surface area (Å²) >= 11 is 0. The van der Waals surface area contributed by atoms with Gasteiger partial charge in [0.2, 0.25) is 0 Å². The van der Waals surface area contributed by atoms with E-state index in [1.54, 1.807) is 0 Å². The first-order chi connectivity index (χ1) is 25.1. The van der Waals surface area contributed by atoms with Crippen molar-refractivity contribution in [1.29, 1.82) is 0 Å². The molecule has 0 amide bonds. The van der Waals surface area contributed by atoms with Crippen LogP contribution in [0.4, 0.5) is 17.1 Å². The van der Waals surface area contributed by atoms with Crippen LogP contribution in [0.5, 0.6) is 0 Å². The summed E-state index contributed by atoms with van der Waals surface area (Å²) in [5.41, 5.74) is 15.3. The minimum absolute atomic E-state index is 0.0990. The third-order valence-corrected chi connectivity index (χ3v) is 10.9. The van der Waals surface area contributed by atoms with Crippen molar-refractivity contribution in [2.45, 2.75) is 19.3 Å². The van der Waals surface area contributed by atoms with E-state index in [2.05, 4.69) is 183 Å². The fourth-order valence-corrected chi connectivity index (χ4v) is 8.39. The minimum atomic E-state index is -0.0990. The van der Waals surface area contributed by atoms with Crippen molar-refractivity contribution in [3.05, 3.63) is 187 Å². The SMILES string of the molecule is CC1(C)c2ccccc2-c2c(N(c3ccc(-c4ccc5ccc6oc7ccccc7c6c5c4)cc3)c3ccccc3-c3ccccc3)cccc21. The third kappa shape index (κ3) is 4.57. The molecule has 0 fully saturated rings. The van der Waals surface area contributed by atoms with Crippen molar-refractivity contribution in [2.75, 3.05) is 4.90 Å². The highest BCUT2D eigenvalue weighted by molar-refractivity contribution is 6.19. The van der Waals surface area contributed by atoms with Crippen molar-refractivity contribution in [2.24, 2.45) is 0 Å². The molecule has 10 rings (SSSR count). The Kier molecular flexibility index (Phi) is 6.56. The molecule has 8 aromatic carbocycles. The van der Waals surface area contributed by atoms with Gasteiger partial charge in [0, 0.05) is 33.0 Å². The fourth-order valence-electron chi connectivity index (χ4n) is 8.39. The van der Waals surface area contributed by atoms with Gasteiger partial charge in [-0.2, -0.15) is 0 Å². The Hall–Kier alpha value is -6.38. The number of fused-ring (bicyclic) bond motifs is 8. The molecular formula is C49H35NO. The molecule has 0 saturated carbocycles. The Morgan fingerprint density at radius 1 is 0.451 bits per heavy atom. The average Bonchev–Trinajstić information content (AvgIpc) is 3.68. The lowest BCUT2D eigenvalue weighted by Gasteiger charge is -2.30. The molecular weight excluding hydrogens is 619 g/mol. The molecule has 0 spiro atoms. The number of hydrogen-bond donors (Lipinski definition) is 0. The Labute approximate surface area is 297 Å². The largest absolute Gasteiger partial charge is 0.456 e. The van der Waals surface area contributed by atoms with Gasteiger partial charge >= 0.3 is 0 Å². The second-order valence-corrected chi connectivity index (χ2v) is 14.1. The van der Waals surface area contributed by atoms with Crippen LogP contribution in [0, 0.1) is 0 Å². The molecule has 2 nitrogen and oxygen atoms in total. The topological polar surface area (TPSA) is 16.4 Å². The second kappa shape index (κ2) is 11.3. The summed E-state index contributed by atoms with van der Waals surface area (Å²) in [5, 5.41) is 4.74. The molecule has 1 aliphatic carbocycles. The zero-order chi connectivity index (χ0) is 34.1. The molecule has 0 N–H and O–H groups in total. The quantitative estimate of drug-likeness (QED) is 0.184. The van der Waals surface area contributed by atoms with Crippen LogP contribution in [0.25, 0.3) is 66.1 Å². The normalized spacial score (nSPS) is 13.1. The van der Waals surface area contributed by atoms with Crippen LogP contribution >= 0.6 is 0 Å². The van der Waals surface area contributed by atoms with Gasteiger partial charge in [-0.15, -0.1) is 0 Å². The Morgan fingerprint density at radius 2 is 1.12 bits per heavy atom. The van der Waals surface area contributed by atoms with E-state index in [0.717, 1.165) is 27.9 Å². The fraction of sp³-hybridized carbons (Fsp3) is 0.0612. The number of furan rings is 1. The van der Waals surface area contributed by atoms with Crippen molar-refractivity contribution < 1.29 is 4.42 Å². The van der Waals surface area contributed by atoms with E-state index >= 15 is 0 Å². The van der Waals surface area contributed by atoms with Gasteiger partial charge in [0.05, 0.1) is 11.4 Å². The van der Waals surface area contributed by atoms with Gasteiger partial charge in [0.15, 0.2) is 0 Å². The van der Waals surface area contributed by atoms with Crippen molar-refractivity contribution in [3.8, 4) is 33.4 Å². The van der Waals surface area contributed by atoms with Crippen LogP contribution < -0.4 is 4.90 Å². The first kappa shape index (κ1) is 29.5. The lowest BCUT2D eigenvalue weighted by molar-refractivity contribution is 0.660. The smallest absolute Gasteiger partial charge is 0.136 e. The highest BCUT2D eigenvalue weighted by Gasteiger charge is 2.37. The monoisotopic (exact) mass is 653 g/mol. The molecule has 0 radical (unpaired) electrons. The van der Waals surface area contributed by atoms with Gasteiger partial charge < -0.3 is 9.32 Å². The van der Waals surface area contributed by atoms with E-state index in [0.29, 0.717) is 0 Å². The predicted molar refractivity (Wildman–Crippen MR) is 214 cm³/mol. The molecule has 0 bridgehead atoms. The number of nitrogens with zero attached hydrogens (tertiary/aromatic N) is 1. The molecule has 9 aromatic rings. The van der Waals surface area contributed by atoms with Crippen molar-refractivity contribution in [1.82, 2.24) is 0 Å². The van der Waals surface area contributed by atoms with E-state index in [9.17, 15) is 0 Å². The van der Waals surface area contributed by atoms with Crippen LogP contribution in [0.1, 0.15) is 25.0 Å². The number of para-hydroxylation sites is 2. The summed E-state index contributed by atoms with van der Waals surface area (Å²) in [4.78, 5) is 2.46. The average molecular weight is 654 g/mol. The molecule has 0 unspecified atom stereocenters. The maximum atomic E-state index is 6.23. The zero-order valence-corrected chi connectivity index (χ0v) is 28.6. The zero-order valence-electron chi connectivity index (χ0n) is 28.6. The van der Waals surface area contributed by atoms with E-state index < -0.39 is 0 Å². The van der Waals surface area contributed by atoms with Gasteiger partial charge in [-0.25, -0.2) is 0 Å². The van der Waals surface area contributed by atoms with E-state index in [1.165, 1.54) is 66.4 Å². The van der Waals surface area contributed by atoms with Gasteiger partial charge in [-0.05, 0) is 86.6 Å². The highest BCUT2D eigenvalue weighted by atomic mass is 16.3. The number of rotatable bonds is 5. The van der Waals surface area contributed by atoms with E-state index in [1.807, 2.05) is 12.1 Å². The lowest BCUT2D eigenvalue weighted by atomic mass is 9.82. The highest BCUT2D eigenvalue weighted by Crippen LogP contribution is 2.55. The summed E-state index contributed by atoms with van der Waals surface area (Å²) in [7, 11) is 0. The summed E-state index contributed by atoms with van der Waals surface area (Å²) in [6, 6.07) is 63.7. The standard InChI is InChI=1S/C49H35NO/c1-49(2)41-18-9-6-16-38(41)48-42(49)19-12-21-44(48)50(43-20-10-7-15-37(43)33-13-4-3-5-14-33)36-28-25-32(26-29-36)35-24-23-34-27-30-46-47(40(34)31-35)39-17-8-11-22-45(39)51-46/h3-31H,1-2H3. The maximum Gasteiger partial charge on any atom is 0.136 e. The minimum Gasteiger partial charge on any atom is -0.456 e. The van der Waals surface area contributed by atoms with Crippen LogP contribution in [0.15, 0.2) is 180 Å². The molecule has 1 aliphatic rings. The lowest BCUT2D eigenvalue weighted by Crippen LogP contribution is -2.16. The van der Waals surface area contributed by atoms with Gasteiger partial charge in [0.1, 0.15) is 11.2 Å². The predicted octanol–water partition coefficient (Wildman–Crippen LogP) is 13.8. The summed E-state index contributed by atoms with van der Waals surface area (Å²) in [6.45, 7) is 4.70. The van der Waals surface area contributed by atoms with Gasteiger partial charge in [-0.1, -0.05) is 147 Å². The number of hydrogen-bond acceptors (Lipinski definition) is 2. The van der Waals surface area contributed by atoms with Crippen LogP contribution in [0.3, 0.4) is 0 Å². The van der Waals surface area contributed by atoms with Gasteiger partial charge in [0.25, 0.3) is 0 Å². The molecule has 1 aromatic heterocycles. The molecule has 0 saturated heterocycles. The molecule has 1 heterocycles. The van der Waals surface area contributed by atoms with E-state index in [-0.39, 0.29) is 5.41 Å². The van der Waals surface area contributed by atoms with Crippen LogP contribution in [0.2, 0.25) is 0 Å². The number of anilines is 3.